The van der Waals surface area contributed by atoms with Gasteiger partial charge in [0.25, 0.3) is 5.22 Å². The van der Waals surface area contributed by atoms with Crippen LogP contribution in [0.3, 0.4) is 0 Å². The highest BCUT2D eigenvalue weighted by molar-refractivity contribution is 8.00. The minimum absolute atomic E-state index is 0.116. The van der Waals surface area contributed by atoms with E-state index in [0.29, 0.717) is 27.7 Å². The van der Waals surface area contributed by atoms with Crippen LogP contribution < -0.4 is 5.32 Å². The molecule has 0 aliphatic carbocycles. The number of carbonyl (C=O) groups excluding carboxylic acids is 2. The molecule has 0 fully saturated rings. The summed E-state index contributed by atoms with van der Waals surface area (Å²) in [5, 5.41) is 11.1. The van der Waals surface area contributed by atoms with Crippen molar-refractivity contribution in [1.82, 2.24) is 10.2 Å². The third-order valence-corrected chi connectivity index (χ3v) is 4.86. The van der Waals surface area contributed by atoms with E-state index in [1.54, 1.807) is 49.4 Å². The Hall–Kier alpha value is -2.64. The molecule has 0 saturated heterocycles. The first kappa shape index (κ1) is 19.1. The average Bonchev–Trinajstić information content (AvgIpc) is 3.10. The van der Waals surface area contributed by atoms with Gasteiger partial charge in [-0.1, -0.05) is 41.6 Å². The van der Waals surface area contributed by atoms with Crippen LogP contribution in [-0.2, 0) is 4.79 Å². The van der Waals surface area contributed by atoms with Gasteiger partial charge in [0, 0.05) is 16.1 Å². The summed E-state index contributed by atoms with van der Waals surface area (Å²) in [4.78, 5) is 24.1. The van der Waals surface area contributed by atoms with Crippen molar-refractivity contribution in [3.63, 3.8) is 0 Å². The van der Waals surface area contributed by atoms with Gasteiger partial charge >= 0.3 is 0 Å². The van der Waals surface area contributed by atoms with Gasteiger partial charge in [-0.3, -0.25) is 9.59 Å². The topological polar surface area (TPSA) is 85.1 Å². The fraction of sp³-hybridized carbons (Fsp3) is 0.158. The second kappa shape index (κ2) is 8.37. The summed E-state index contributed by atoms with van der Waals surface area (Å²) in [5.41, 5.74) is 1.64. The lowest BCUT2D eigenvalue weighted by atomic mass is 10.1. The Bertz CT molecular complexity index is 990. The number of benzene rings is 2. The number of rotatable bonds is 6. The first-order chi connectivity index (χ1) is 12.9. The first-order valence-corrected chi connectivity index (χ1v) is 9.36. The van der Waals surface area contributed by atoms with E-state index in [2.05, 4.69) is 15.5 Å². The molecule has 0 radical (unpaired) electrons. The predicted molar refractivity (Wildman–Crippen MR) is 105 cm³/mol. The SMILES string of the molecule is CC(=O)c1ccccc1NC(=O)[C@@H](C)Sc1nnc(-c2cccc(Cl)c2)o1. The number of para-hydroxylation sites is 1. The number of amides is 1. The van der Waals surface area contributed by atoms with Crippen molar-refractivity contribution in [1.29, 1.82) is 0 Å². The van der Waals surface area contributed by atoms with Crippen LogP contribution in [0.25, 0.3) is 11.5 Å². The van der Waals surface area contributed by atoms with Crippen LogP contribution >= 0.6 is 23.4 Å². The normalized spacial score (nSPS) is 11.8. The number of hydrogen-bond donors (Lipinski definition) is 1. The Morgan fingerprint density at radius 3 is 2.67 bits per heavy atom. The van der Waals surface area contributed by atoms with Gasteiger partial charge in [-0.25, -0.2) is 0 Å². The molecule has 1 heterocycles. The number of nitrogens with one attached hydrogen (secondary N) is 1. The Labute approximate surface area is 165 Å². The molecule has 8 heteroatoms. The smallest absolute Gasteiger partial charge is 0.277 e. The van der Waals surface area contributed by atoms with Gasteiger partial charge < -0.3 is 9.73 Å². The largest absolute Gasteiger partial charge is 0.411 e. The number of Topliss-reactive ketones (excluding diaryl/α,β-unsaturated/α-hetero) is 1. The van der Waals surface area contributed by atoms with Crippen LogP contribution in [0.1, 0.15) is 24.2 Å². The van der Waals surface area contributed by atoms with E-state index >= 15 is 0 Å². The van der Waals surface area contributed by atoms with Crippen LogP contribution in [0, 0.1) is 0 Å². The highest BCUT2D eigenvalue weighted by Crippen LogP contribution is 2.28. The predicted octanol–water partition coefficient (Wildman–Crippen LogP) is 4.71. The van der Waals surface area contributed by atoms with Gasteiger partial charge in [-0.05, 0) is 44.2 Å². The lowest BCUT2D eigenvalue weighted by Crippen LogP contribution is -2.23. The van der Waals surface area contributed by atoms with Gasteiger partial charge in [0.2, 0.25) is 11.8 Å². The summed E-state index contributed by atoms with van der Waals surface area (Å²) in [7, 11) is 0. The zero-order valence-corrected chi connectivity index (χ0v) is 16.2. The molecule has 138 valence electrons. The van der Waals surface area contributed by atoms with Crippen molar-refractivity contribution in [2.24, 2.45) is 0 Å². The number of thioether (sulfide) groups is 1. The summed E-state index contributed by atoms with van der Waals surface area (Å²) in [5.74, 6) is -0.0555. The van der Waals surface area contributed by atoms with E-state index in [9.17, 15) is 9.59 Å². The van der Waals surface area contributed by atoms with Gasteiger partial charge in [0.1, 0.15) is 0 Å². The van der Waals surface area contributed by atoms with Crippen LogP contribution in [0.15, 0.2) is 58.2 Å². The Morgan fingerprint density at radius 1 is 1.15 bits per heavy atom. The van der Waals surface area contributed by atoms with Crippen molar-refractivity contribution >= 4 is 40.7 Å². The molecule has 3 aromatic rings. The van der Waals surface area contributed by atoms with Gasteiger partial charge in [-0.2, -0.15) is 0 Å². The Balaban J connectivity index is 1.68. The molecule has 3 rings (SSSR count). The summed E-state index contributed by atoms with van der Waals surface area (Å²) in [6.07, 6.45) is 0. The number of carbonyl (C=O) groups is 2. The van der Waals surface area contributed by atoms with Crippen LogP contribution in [0.5, 0.6) is 0 Å². The molecular weight excluding hydrogens is 386 g/mol. The molecule has 0 unspecified atom stereocenters. The van der Waals surface area contributed by atoms with Crippen LogP contribution in [-0.4, -0.2) is 27.1 Å². The zero-order chi connectivity index (χ0) is 19.4. The number of hydrogen-bond acceptors (Lipinski definition) is 6. The van der Waals surface area contributed by atoms with E-state index in [-0.39, 0.29) is 16.9 Å². The van der Waals surface area contributed by atoms with Gasteiger partial charge in [-0.15, -0.1) is 10.2 Å². The fourth-order valence-corrected chi connectivity index (χ4v) is 3.21. The second-order valence-corrected chi connectivity index (χ2v) is 7.46. The summed E-state index contributed by atoms with van der Waals surface area (Å²) < 4.78 is 5.61. The number of halogens is 1. The third-order valence-electron chi connectivity index (χ3n) is 3.69. The fourth-order valence-electron chi connectivity index (χ4n) is 2.33. The molecule has 0 saturated carbocycles. The van der Waals surface area contributed by atoms with Crippen molar-refractivity contribution < 1.29 is 14.0 Å². The Kier molecular flexibility index (Phi) is 5.93. The van der Waals surface area contributed by atoms with Gasteiger partial charge in [0.05, 0.1) is 10.9 Å². The molecule has 0 spiro atoms. The van der Waals surface area contributed by atoms with E-state index < -0.39 is 5.25 Å². The van der Waals surface area contributed by atoms with E-state index in [1.165, 1.54) is 6.92 Å². The first-order valence-electron chi connectivity index (χ1n) is 8.11. The maximum absolute atomic E-state index is 12.5. The average molecular weight is 402 g/mol. The molecular formula is C19H16ClN3O3S. The maximum Gasteiger partial charge on any atom is 0.277 e. The van der Waals surface area contributed by atoms with E-state index in [1.807, 2.05) is 6.07 Å². The molecule has 0 aliphatic rings. The molecule has 1 amide bonds. The number of nitrogens with zero attached hydrogens (tertiary/aromatic N) is 2. The van der Waals surface area contributed by atoms with E-state index in [0.717, 1.165) is 11.8 Å². The van der Waals surface area contributed by atoms with E-state index in [4.69, 9.17) is 16.0 Å². The molecule has 1 aromatic heterocycles. The van der Waals surface area contributed by atoms with Crippen LogP contribution in [0.2, 0.25) is 5.02 Å². The highest BCUT2D eigenvalue weighted by Gasteiger charge is 2.20. The van der Waals surface area contributed by atoms with Gasteiger partial charge in [0.15, 0.2) is 5.78 Å². The lowest BCUT2D eigenvalue weighted by molar-refractivity contribution is -0.115. The molecule has 27 heavy (non-hydrogen) atoms. The molecule has 1 atom stereocenters. The molecule has 0 bridgehead atoms. The highest BCUT2D eigenvalue weighted by atomic mass is 35.5. The quantitative estimate of drug-likeness (QED) is 0.475. The molecule has 0 aliphatic heterocycles. The number of anilines is 1. The van der Waals surface area contributed by atoms with Crippen LogP contribution in [0.4, 0.5) is 5.69 Å². The number of ketones is 1. The maximum atomic E-state index is 12.5. The second-order valence-electron chi connectivity index (χ2n) is 5.73. The van der Waals surface area contributed by atoms with Crippen molar-refractivity contribution in [3.8, 4) is 11.5 Å². The molecule has 1 N–H and O–H groups in total. The lowest BCUT2D eigenvalue weighted by Gasteiger charge is -2.12. The van der Waals surface area contributed by atoms with Crippen molar-refractivity contribution in [3.05, 3.63) is 59.1 Å². The summed E-state index contributed by atoms with van der Waals surface area (Å²) in [6, 6.07) is 13.9. The number of aromatic nitrogens is 2. The Morgan fingerprint density at radius 2 is 1.93 bits per heavy atom. The molecule has 2 aromatic carbocycles. The molecule has 6 nitrogen and oxygen atoms in total. The zero-order valence-electron chi connectivity index (χ0n) is 14.6. The third kappa shape index (κ3) is 4.75. The standard InChI is InChI=1S/C19H16ClN3O3S/c1-11(24)15-8-3-4-9-16(15)21-17(25)12(2)27-19-23-22-18(26-19)13-6-5-7-14(20)10-13/h3-10,12H,1-2H3,(H,21,25)/t12-/m1/s1. The minimum Gasteiger partial charge on any atom is -0.411 e. The monoisotopic (exact) mass is 401 g/mol. The minimum atomic E-state index is -0.502. The van der Waals surface area contributed by atoms with Crippen molar-refractivity contribution in [2.75, 3.05) is 5.32 Å². The summed E-state index contributed by atoms with van der Waals surface area (Å²) >= 11 is 7.10. The summed E-state index contributed by atoms with van der Waals surface area (Å²) in [6.45, 7) is 3.18. The van der Waals surface area contributed by atoms with Crippen molar-refractivity contribution in [2.45, 2.75) is 24.3 Å².